The molecular weight excluding hydrogens is 534 g/mol. The van der Waals surface area contributed by atoms with E-state index in [0.29, 0.717) is 0 Å². The maximum absolute atomic E-state index is 13.4. The van der Waals surface area contributed by atoms with E-state index in [4.69, 9.17) is 4.99 Å². The number of nitrogens with one attached hydrogen (secondary N) is 3. The predicted octanol–water partition coefficient (Wildman–Crippen LogP) is 2.63. The summed E-state index contributed by atoms with van der Waals surface area (Å²) in [5.74, 6) is 1.42. The maximum atomic E-state index is 13.4. The zero-order chi connectivity index (χ0) is 22.2. The monoisotopic (exact) mass is 566 g/mol. The molecule has 4 rings (SSSR count). The van der Waals surface area contributed by atoms with Crippen molar-refractivity contribution in [1.82, 2.24) is 30.5 Å². The Kier molecular flexibility index (Phi) is 9.67. The van der Waals surface area contributed by atoms with Crippen molar-refractivity contribution in [2.24, 2.45) is 4.99 Å². The van der Waals surface area contributed by atoms with Crippen molar-refractivity contribution in [3.63, 3.8) is 0 Å². The zero-order valence-electron chi connectivity index (χ0n) is 18.9. The van der Waals surface area contributed by atoms with Crippen LogP contribution in [0.25, 0.3) is 10.9 Å². The molecule has 8 nitrogen and oxygen atoms in total. The summed E-state index contributed by atoms with van der Waals surface area (Å²) < 4.78 is 13.4. The number of aromatic amines is 1. The van der Waals surface area contributed by atoms with Gasteiger partial charge in [-0.25, -0.2) is 14.4 Å². The number of aromatic nitrogens is 3. The number of rotatable bonds is 8. The summed E-state index contributed by atoms with van der Waals surface area (Å²) in [6.07, 6.45) is 6.36. The standard InChI is InChI=1S/C23H31FN8.HI/c1-2-25-22(26-9-6-18-17-30-21-16-19(24)4-5-20(18)21)27-10-11-31-12-14-32(15-13-31)23-28-7-3-8-29-23;/h3-5,7-8,16-17,30H,2,6,9-15H2,1H3,(H2,25,26,27);1H. The summed E-state index contributed by atoms with van der Waals surface area (Å²) >= 11 is 0. The number of benzene rings is 1. The van der Waals surface area contributed by atoms with E-state index in [-0.39, 0.29) is 29.8 Å². The van der Waals surface area contributed by atoms with Crippen LogP contribution in [0.3, 0.4) is 0 Å². The Morgan fingerprint density at radius 2 is 1.94 bits per heavy atom. The molecule has 0 saturated carbocycles. The number of hydrogen-bond acceptors (Lipinski definition) is 5. The lowest BCUT2D eigenvalue weighted by atomic mass is 10.1. The van der Waals surface area contributed by atoms with E-state index in [1.807, 2.05) is 18.3 Å². The first-order valence-corrected chi connectivity index (χ1v) is 11.2. The van der Waals surface area contributed by atoms with Gasteiger partial charge < -0.3 is 20.5 Å². The molecule has 1 saturated heterocycles. The van der Waals surface area contributed by atoms with Crippen molar-refractivity contribution in [2.45, 2.75) is 13.3 Å². The van der Waals surface area contributed by atoms with Crippen molar-refractivity contribution >= 4 is 46.8 Å². The van der Waals surface area contributed by atoms with Crippen LogP contribution < -0.4 is 15.5 Å². The number of H-pyrrole nitrogens is 1. The third-order valence-electron chi connectivity index (χ3n) is 5.65. The molecule has 3 aromatic rings. The highest BCUT2D eigenvalue weighted by atomic mass is 127. The number of nitrogens with zero attached hydrogens (tertiary/aromatic N) is 5. The SMILES string of the molecule is CCNC(=NCCN1CCN(c2ncccn2)CC1)NCCc1c[nH]c2cc(F)ccc12.I. The van der Waals surface area contributed by atoms with Gasteiger partial charge in [-0.15, -0.1) is 24.0 Å². The fraction of sp³-hybridized carbons (Fsp3) is 0.435. The van der Waals surface area contributed by atoms with Crippen LogP contribution >= 0.6 is 24.0 Å². The van der Waals surface area contributed by atoms with E-state index in [9.17, 15) is 4.39 Å². The molecule has 3 N–H and O–H groups in total. The van der Waals surface area contributed by atoms with Crippen LogP contribution in [0.1, 0.15) is 12.5 Å². The molecule has 3 heterocycles. The minimum absolute atomic E-state index is 0. The summed E-state index contributed by atoms with van der Waals surface area (Å²) in [6.45, 7) is 9.13. The number of guanidine groups is 1. The third kappa shape index (κ3) is 7.00. The number of hydrogen-bond donors (Lipinski definition) is 3. The van der Waals surface area contributed by atoms with Crippen molar-refractivity contribution < 1.29 is 4.39 Å². The summed E-state index contributed by atoms with van der Waals surface area (Å²) in [5, 5.41) is 7.79. The molecule has 0 bridgehead atoms. The van der Waals surface area contributed by atoms with E-state index in [1.54, 1.807) is 12.4 Å². The molecule has 0 amide bonds. The van der Waals surface area contributed by atoms with E-state index >= 15 is 0 Å². The van der Waals surface area contributed by atoms with Gasteiger partial charge in [0, 0.05) is 75.3 Å². The van der Waals surface area contributed by atoms with Crippen LogP contribution in [0.5, 0.6) is 0 Å². The quantitative estimate of drug-likeness (QED) is 0.221. The minimum atomic E-state index is -0.222. The number of anilines is 1. The molecule has 1 aromatic carbocycles. The molecule has 1 aliphatic heterocycles. The van der Waals surface area contributed by atoms with Gasteiger partial charge in [0.2, 0.25) is 5.95 Å². The zero-order valence-corrected chi connectivity index (χ0v) is 21.3. The van der Waals surface area contributed by atoms with Crippen LogP contribution in [-0.2, 0) is 6.42 Å². The van der Waals surface area contributed by atoms with Gasteiger partial charge in [0.05, 0.1) is 6.54 Å². The number of piperazine rings is 1. The highest BCUT2D eigenvalue weighted by Crippen LogP contribution is 2.19. The average molecular weight is 566 g/mol. The lowest BCUT2D eigenvalue weighted by Gasteiger charge is -2.34. The van der Waals surface area contributed by atoms with E-state index < -0.39 is 0 Å². The molecule has 2 aromatic heterocycles. The van der Waals surface area contributed by atoms with Crippen LogP contribution in [0.15, 0.2) is 47.8 Å². The first-order valence-electron chi connectivity index (χ1n) is 11.2. The van der Waals surface area contributed by atoms with E-state index in [0.717, 1.165) is 81.6 Å². The fourth-order valence-corrected chi connectivity index (χ4v) is 3.95. The predicted molar refractivity (Wildman–Crippen MR) is 142 cm³/mol. The van der Waals surface area contributed by atoms with Crippen molar-refractivity contribution in [2.75, 3.05) is 57.3 Å². The molecular formula is C23H32FIN8. The second kappa shape index (κ2) is 12.7. The molecule has 0 atom stereocenters. The molecule has 1 fully saturated rings. The second-order valence-corrected chi connectivity index (χ2v) is 7.82. The van der Waals surface area contributed by atoms with Gasteiger partial charge in [0.1, 0.15) is 5.82 Å². The summed E-state index contributed by atoms with van der Waals surface area (Å²) in [7, 11) is 0. The smallest absolute Gasteiger partial charge is 0.225 e. The molecule has 0 unspecified atom stereocenters. The molecule has 0 radical (unpaired) electrons. The van der Waals surface area contributed by atoms with Crippen molar-refractivity contribution in [3.8, 4) is 0 Å². The number of halogens is 2. The average Bonchev–Trinajstić information content (AvgIpc) is 3.22. The van der Waals surface area contributed by atoms with Gasteiger partial charge in [0.25, 0.3) is 0 Å². The molecule has 1 aliphatic rings. The Labute approximate surface area is 211 Å². The van der Waals surface area contributed by atoms with Gasteiger partial charge in [0.15, 0.2) is 5.96 Å². The summed E-state index contributed by atoms with van der Waals surface area (Å²) in [6, 6.07) is 6.71. The molecule has 0 aliphatic carbocycles. The van der Waals surface area contributed by atoms with E-state index in [1.165, 1.54) is 17.7 Å². The van der Waals surface area contributed by atoms with Crippen LogP contribution in [0.4, 0.5) is 10.3 Å². The lowest BCUT2D eigenvalue weighted by molar-refractivity contribution is 0.263. The van der Waals surface area contributed by atoms with Gasteiger partial charge in [-0.3, -0.25) is 9.89 Å². The number of aliphatic imine (C=N–C) groups is 1. The highest BCUT2D eigenvalue weighted by molar-refractivity contribution is 14.0. The fourth-order valence-electron chi connectivity index (χ4n) is 3.95. The Morgan fingerprint density at radius 3 is 2.70 bits per heavy atom. The first kappa shape index (κ1) is 25.2. The van der Waals surface area contributed by atoms with Gasteiger partial charge in [-0.1, -0.05) is 0 Å². The normalized spacial score (nSPS) is 14.8. The van der Waals surface area contributed by atoms with Crippen LogP contribution in [0, 0.1) is 5.82 Å². The first-order chi connectivity index (χ1) is 15.7. The van der Waals surface area contributed by atoms with Crippen LogP contribution in [0.2, 0.25) is 0 Å². The van der Waals surface area contributed by atoms with Gasteiger partial charge in [-0.2, -0.15) is 0 Å². The van der Waals surface area contributed by atoms with Gasteiger partial charge >= 0.3 is 0 Å². The third-order valence-corrected chi connectivity index (χ3v) is 5.65. The molecule has 10 heteroatoms. The molecule has 0 spiro atoms. The summed E-state index contributed by atoms with van der Waals surface area (Å²) in [5.41, 5.74) is 2.00. The number of fused-ring (bicyclic) bond motifs is 1. The molecule has 33 heavy (non-hydrogen) atoms. The highest BCUT2D eigenvalue weighted by Gasteiger charge is 2.18. The largest absolute Gasteiger partial charge is 0.361 e. The topological polar surface area (TPSA) is 84.5 Å². The lowest BCUT2D eigenvalue weighted by Crippen LogP contribution is -2.47. The maximum Gasteiger partial charge on any atom is 0.225 e. The minimum Gasteiger partial charge on any atom is -0.361 e. The summed E-state index contributed by atoms with van der Waals surface area (Å²) in [4.78, 5) is 21.2. The van der Waals surface area contributed by atoms with Crippen LogP contribution in [-0.4, -0.2) is 78.2 Å². The Hall–Kier alpha value is -2.47. The van der Waals surface area contributed by atoms with E-state index in [2.05, 4.69) is 42.3 Å². The second-order valence-electron chi connectivity index (χ2n) is 7.82. The Morgan fingerprint density at radius 1 is 1.15 bits per heavy atom. The van der Waals surface area contributed by atoms with Crippen molar-refractivity contribution in [3.05, 3.63) is 54.2 Å². The van der Waals surface area contributed by atoms with Gasteiger partial charge in [-0.05, 0) is 43.2 Å². The Bertz CT molecular complexity index is 1020. The Balaban J connectivity index is 0.00000306. The van der Waals surface area contributed by atoms with Crippen molar-refractivity contribution in [1.29, 1.82) is 0 Å². The molecule has 178 valence electrons.